The monoisotopic (exact) mass is 455 g/mol. The van der Waals surface area contributed by atoms with Gasteiger partial charge in [-0.25, -0.2) is 9.97 Å². The van der Waals surface area contributed by atoms with Gasteiger partial charge in [0.25, 0.3) is 0 Å². The second-order valence-electron chi connectivity index (χ2n) is 8.61. The van der Waals surface area contributed by atoms with Crippen molar-refractivity contribution in [1.82, 2.24) is 20.2 Å². The van der Waals surface area contributed by atoms with E-state index >= 15 is 0 Å². The normalized spacial score (nSPS) is 17.8. The lowest BCUT2D eigenvalue weighted by atomic mass is 9.95. The molecule has 5 heterocycles. The molecule has 0 aliphatic carbocycles. The molecule has 2 aliphatic rings. The maximum atomic E-state index is 12.7. The summed E-state index contributed by atoms with van der Waals surface area (Å²) in [6.07, 6.45) is 4.56. The van der Waals surface area contributed by atoms with Gasteiger partial charge in [-0.3, -0.25) is 9.69 Å². The summed E-state index contributed by atoms with van der Waals surface area (Å²) in [6, 6.07) is 2.24. The van der Waals surface area contributed by atoms with E-state index in [9.17, 15) is 4.79 Å². The number of anilines is 1. The smallest absolute Gasteiger partial charge is 0.223 e. The third kappa shape index (κ3) is 4.21. The average Bonchev–Trinajstić information content (AvgIpc) is 3.37. The molecule has 1 amide bonds. The second-order valence-corrected chi connectivity index (χ2v) is 10.8. The van der Waals surface area contributed by atoms with Crippen LogP contribution in [0.1, 0.15) is 33.7 Å². The van der Waals surface area contributed by atoms with Crippen LogP contribution in [0, 0.1) is 19.8 Å². The zero-order chi connectivity index (χ0) is 21.4. The van der Waals surface area contributed by atoms with Crippen molar-refractivity contribution < 1.29 is 4.79 Å². The van der Waals surface area contributed by atoms with Gasteiger partial charge in [-0.2, -0.15) is 0 Å². The molecule has 3 aromatic heterocycles. The number of amides is 1. The van der Waals surface area contributed by atoms with Gasteiger partial charge >= 0.3 is 0 Å². The van der Waals surface area contributed by atoms with Crippen molar-refractivity contribution in [2.75, 3.05) is 37.6 Å². The fourth-order valence-electron chi connectivity index (χ4n) is 4.74. The summed E-state index contributed by atoms with van der Waals surface area (Å²) in [5.41, 5.74) is 2.74. The number of carbonyl (C=O) groups is 1. The Morgan fingerprint density at radius 1 is 1.23 bits per heavy atom. The summed E-state index contributed by atoms with van der Waals surface area (Å²) >= 11 is 3.60. The number of fused-ring (bicyclic) bond motifs is 2. The van der Waals surface area contributed by atoms with Crippen molar-refractivity contribution in [3.05, 3.63) is 38.7 Å². The molecule has 2 aliphatic heterocycles. The van der Waals surface area contributed by atoms with Gasteiger partial charge in [-0.05, 0) is 55.7 Å². The van der Waals surface area contributed by atoms with Crippen molar-refractivity contribution in [3.63, 3.8) is 0 Å². The molecule has 5 rings (SSSR count). The maximum Gasteiger partial charge on any atom is 0.223 e. The second kappa shape index (κ2) is 8.84. The Kier molecular flexibility index (Phi) is 5.95. The van der Waals surface area contributed by atoms with E-state index in [0.29, 0.717) is 0 Å². The van der Waals surface area contributed by atoms with Crippen molar-refractivity contribution in [1.29, 1.82) is 0 Å². The minimum atomic E-state index is 0.101. The lowest BCUT2D eigenvalue weighted by Gasteiger charge is -2.33. The number of nitrogens with zero attached hydrogens (tertiary/aromatic N) is 4. The first kappa shape index (κ1) is 20.8. The lowest BCUT2D eigenvalue weighted by molar-refractivity contribution is -0.125. The average molecular weight is 456 g/mol. The molecule has 0 spiro atoms. The number of carbonyl (C=O) groups excluding carboxylic acids is 1. The molecule has 1 N–H and O–H groups in total. The molecule has 8 heteroatoms. The van der Waals surface area contributed by atoms with Gasteiger partial charge in [0, 0.05) is 54.9 Å². The van der Waals surface area contributed by atoms with Crippen molar-refractivity contribution in [2.24, 2.45) is 5.92 Å². The van der Waals surface area contributed by atoms with Gasteiger partial charge in [-0.1, -0.05) is 0 Å². The largest absolute Gasteiger partial charge is 0.356 e. The first-order chi connectivity index (χ1) is 15.1. The number of piperidine rings is 1. The summed E-state index contributed by atoms with van der Waals surface area (Å²) in [5, 5.41) is 6.57. The Labute approximate surface area is 191 Å². The van der Waals surface area contributed by atoms with E-state index in [1.165, 1.54) is 26.3 Å². The van der Waals surface area contributed by atoms with Crippen molar-refractivity contribution in [3.8, 4) is 0 Å². The summed E-state index contributed by atoms with van der Waals surface area (Å²) in [4.78, 5) is 30.5. The van der Waals surface area contributed by atoms with Gasteiger partial charge in [0.1, 0.15) is 17.0 Å². The maximum absolute atomic E-state index is 12.7. The molecule has 0 atom stereocenters. The minimum absolute atomic E-state index is 0.101. The molecule has 31 heavy (non-hydrogen) atoms. The zero-order valence-electron chi connectivity index (χ0n) is 18.2. The van der Waals surface area contributed by atoms with Gasteiger partial charge < -0.3 is 10.2 Å². The summed E-state index contributed by atoms with van der Waals surface area (Å²) in [7, 11) is 0. The summed E-state index contributed by atoms with van der Waals surface area (Å²) in [6.45, 7) is 9.80. The van der Waals surface area contributed by atoms with E-state index in [1.807, 2.05) is 11.3 Å². The fraction of sp³-hybridized carbons (Fsp3) is 0.522. The zero-order valence-corrected chi connectivity index (χ0v) is 19.8. The third-order valence-electron chi connectivity index (χ3n) is 6.72. The van der Waals surface area contributed by atoms with E-state index in [4.69, 9.17) is 0 Å². The highest BCUT2D eigenvalue weighted by atomic mass is 32.1. The van der Waals surface area contributed by atoms with Crippen LogP contribution in [0.15, 0.2) is 17.8 Å². The van der Waals surface area contributed by atoms with Crippen LogP contribution in [0.4, 0.5) is 5.82 Å². The highest BCUT2D eigenvalue weighted by Gasteiger charge is 2.27. The Bertz CT molecular complexity index is 1080. The predicted octanol–water partition coefficient (Wildman–Crippen LogP) is 3.76. The summed E-state index contributed by atoms with van der Waals surface area (Å²) < 4.78 is 0. The number of aryl methyl sites for hydroxylation is 2. The number of thiophene rings is 2. The molecule has 164 valence electrons. The molecule has 0 saturated carbocycles. The Morgan fingerprint density at radius 3 is 2.90 bits per heavy atom. The van der Waals surface area contributed by atoms with Gasteiger partial charge in [0.2, 0.25) is 5.91 Å². The van der Waals surface area contributed by atoms with Gasteiger partial charge in [-0.15, -0.1) is 22.7 Å². The first-order valence-electron chi connectivity index (χ1n) is 11.1. The van der Waals surface area contributed by atoms with E-state index in [2.05, 4.69) is 50.4 Å². The SMILES string of the molecule is Cc1sc2ncnc(N3CCC(C(=O)NCCN4CCc5sccc5C4)CC3)c2c1C. The molecule has 1 fully saturated rings. The molecule has 6 nitrogen and oxygen atoms in total. The van der Waals surface area contributed by atoms with Crippen LogP contribution in [0.5, 0.6) is 0 Å². The van der Waals surface area contributed by atoms with Crippen molar-refractivity contribution in [2.45, 2.75) is 39.7 Å². The van der Waals surface area contributed by atoms with E-state index in [1.54, 1.807) is 17.7 Å². The van der Waals surface area contributed by atoms with Crippen LogP contribution >= 0.6 is 22.7 Å². The quantitative estimate of drug-likeness (QED) is 0.635. The van der Waals surface area contributed by atoms with E-state index in [0.717, 1.165) is 69.2 Å². The molecular formula is C23H29N5OS2. The highest BCUT2D eigenvalue weighted by Crippen LogP contribution is 2.35. The molecular weight excluding hydrogens is 426 g/mol. The van der Waals surface area contributed by atoms with Crippen LogP contribution in [-0.4, -0.2) is 53.5 Å². The van der Waals surface area contributed by atoms with Crippen molar-refractivity contribution >= 4 is 44.6 Å². The third-order valence-corrected chi connectivity index (χ3v) is 8.86. The number of hydrogen-bond acceptors (Lipinski definition) is 7. The van der Waals surface area contributed by atoms with Crippen LogP contribution in [0.2, 0.25) is 0 Å². The fourth-order valence-corrected chi connectivity index (χ4v) is 6.62. The number of aromatic nitrogens is 2. The van der Waals surface area contributed by atoms with E-state index in [-0.39, 0.29) is 11.8 Å². The minimum Gasteiger partial charge on any atom is -0.356 e. The highest BCUT2D eigenvalue weighted by molar-refractivity contribution is 7.18. The molecule has 3 aromatic rings. The number of hydrogen-bond donors (Lipinski definition) is 1. The van der Waals surface area contributed by atoms with E-state index < -0.39 is 0 Å². The Hall–Kier alpha value is -2.03. The van der Waals surface area contributed by atoms with Crippen LogP contribution in [0.3, 0.4) is 0 Å². The number of rotatable bonds is 5. The van der Waals surface area contributed by atoms with Gasteiger partial charge in [0.15, 0.2) is 0 Å². The van der Waals surface area contributed by atoms with Crippen LogP contribution in [-0.2, 0) is 17.8 Å². The molecule has 0 radical (unpaired) electrons. The van der Waals surface area contributed by atoms with Crippen LogP contribution in [0.25, 0.3) is 10.2 Å². The van der Waals surface area contributed by atoms with Gasteiger partial charge in [0.05, 0.1) is 5.39 Å². The molecule has 0 bridgehead atoms. The Morgan fingerprint density at radius 2 is 2.06 bits per heavy atom. The topological polar surface area (TPSA) is 61.4 Å². The standard InChI is InChI=1S/C23H29N5OS2/c1-15-16(2)31-23-20(15)21(25-14-26-23)28-9-3-17(4-10-28)22(29)24-7-11-27-8-5-19-18(13-27)6-12-30-19/h6,12,14,17H,3-5,7-11,13H2,1-2H3,(H,24,29). The lowest BCUT2D eigenvalue weighted by Crippen LogP contribution is -2.43. The molecule has 0 unspecified atom stereocenters. The molecule has 0 aromatic carbocycles. The molecule has 1 saturated heterocycles. The first-order valence-corrected chi connectivity index (χ1v) is 12.8. The van der Waals surface area contributed by atoms with Crippen LogP contribution < -0.4 is 10.2 Å². The predicted molar refractivity (Wildman–Crippen MR) is 128 cm³/mol. The number of nitrogens with one attached hydrogen (secondary N) is 1. The summed E-state index contributed by atoms with van der Waals surface area (Å²) in [5.74, 6) is 1.34. The Balaban J connectivity index is 1.12.